The summed E-state index contributed by atoms with van der Waals surface area (Å²) in [7, 11) is 1.61. The monoisotopic (exact) mass is 389 g/mol. The van der Waals surface area contributed by atoms with Crippen LogP contribution in [0, 0.1) is 0 Å². The van der Waals surface area contributed by atoms with Crippen LogP contribution in [0.5, 0.6) is 11.5 Å². The summed E-state index contributed by atoms with van der Waals surface area (Å²) in [5.41, 5.74) is 1.41. The summed E-state index contributed by atoms with van der Waals surface area (Å²) in [6.07, 6.45) is 3.51. The van der Waals surface area contributed by atoms with E-state index in [1.54, 1.807) is 29.8 Å². The van der Waals surface area contributed by atoms with Gasteiger partial charge in [-0.25, -0.2) is 4.98 Å². The summed E-state index contributed by atoms with van der Waals surface area (Å²) >= 11 is 0. The number of nitrogens with one attached hydrogen (secondary N) is 1. The van der Waals surface area contributed by atoms with E-state index in [4.69, 9.17) is 9.47 Å². The first-order valence-electron chi connectivity index (χ1n) is 9.06. The van der Waals surface area contributed by atoms with Crippen molar-refractivity contribution in [3.05, 3.63) is 72.6 Å². The van der Waals surface area contributed by atoms with Gasteiger partial charge in [0.15, 0.2) is 5.82 Å². The summed E-state index contributed by atoms with van der Waals surface area (Å²) in [6.45, 7) is 0.766. The van der Waals surface area contributed by atoms with Crippen molar-refractivity contribution in [2.45, 2.75) is 0 Å². The van der Waals surface area contributed by atoms with E-state index >= 15 is 0 Å². The van der Waals surface area contributed by atoms with E-state index in [1.807, 2.05) is 48.7 Å². The van der Waals surface area contributed by atoms with Crippen LogP contribution in [0.2, 0.25) is 0 Å². The van der Waals surface area contributed by atoms with Gasteiger partial charge in [0, 0.05) is 23.5 Å². The molecule has 2 aromatic heterocycles. The van der Waals surface area contributed by atoms with E-state index < -0.39 is 0 Å². The quantitative estimate of drug-likeness (QED) is 0.489. The van der Waals surface area contributed by atoms with Crippen molar-refractivity contribution in [1.82, 2.24) is 24.9 Å². The molecule has 0 aliphatic rings. The molecule has 1 N–H and O–H groups in total. The van der Waals surface area contributed by atoms with Crippen LogP contribution in [0.3, 0.4) is 0 Å². The molecular formula is C21H19N5O3. The Kier molecular flexibility index (Phi) is 5.33. The van der Waals surface area contributed by atoms with Crippen LogP contribution >= 0.6 is 0 Å². The van der Waals surface area contributed by atoms with E-state index in [0.29, 0.717) is 30.3 Å². The molecule has 8 heteroatoms. The van der Waals surface area contributed by atoms with Crippen LogP contribution in [0.25, 0.3) is 17.2 Å². The molecule has 0 saturated carbocycles. The van der Waals surface area contributed by atoms with Crippen LogP contribution in [-0.2, 0) is 0 Å². The zero-order valence-electron chi connectivity index (χ0n) is 15.8. The number of carbonyl (C=O) groups excluding carboxylic acids is 1. The Morgan fingerprint density at radius 2 is 1.79 bits per heavy atom. The van der Waals surface area contributed by atoms with Gasteiger partial charge in [-0.1, -0.05) is 12.1 Å². The summed E-state index contributed by atoms with van der Waals surface area (Å²) in [4.78, 5) is 16.5. The molecule has 0 aliphatic carbocycles. The number of fused-ring (bicyclic) bond motifs is 1. The number of hydrogen-bond donors (Lipinski definition) is 1. The summed E-state index contributed by atoms with van der Waals surface area (Å²) in [5.74, 6) is 2.53. The molecule has 0 saturated heterocycles. The number of nitrogens with zero attached hydrogens (tertiary/aromatic N) is 4. The zero-order chi connectivity index (χ0) is 20.1. The second-order valence-corrected chi connectivity index (χ2v) is 6.17. The summed E-state index contributed by atoms with van der Waals surface area (Å²) < 4.78 is 12.5. The second-order valence-electron chi connectivity index (χ2n) is 6.17. The highest BCUT2D eigenvalue weighted by Crippen LogP contribution is 2.18. The number of rotatable bonds is 7. The summed E-state index contributed by atoms with van der Waals surface area (Å²) in [6, 6.07) is 16.3. The van der Waals surface area contributed by atoms with Crippen LogP contribution in [0.15, 0.2) is 67.0 Å². The minimum atomic E-state index is -0.164. The lowest BCUT2D eigenvalue weighted by molar-refractivity contribution is 0.0947. The third-order valence-electron chi connectivity index (χ3n) is 4.31. The Labute approximate surface area is 167 Å². The number of carbonyl (C=O) groups is 1. The molecule has 2 aromatic carbocycles. The third-order valence-corrected chi connectivity index (χ3v) is 4.31. The van der Waals surface area contributed by atoms with Gasteiger partial charge in [-0.05, 0) is 42.5 Å². The van der Waals surface area contributed by atoms with Gasteiger partial charge in [-0.2, -0.15) is 0 Å². The molecular weight excluding hydrogens is 370 g/mol. The Morgan fingerprint density at radius 3 is 2.55 bits per heavy atom. The minimum Gasteiger partial charge on any atom is -0.497 e. The maximum Gasteiger partial charge on any atom is 0.255 e. The lowest BCUT2D eigenvalue weighted by atomic mass is 10.1. The molecule has 2 heterocycles. The van der Waals surface area contributed by atoms with Crippen LogP contribution in [-0.4, -0.2) is 45.8 Å². The van der Waals surface area contributed by atoms with Crippen molar-refractivity contribution in [3.8, 4) is 22.9 Å². The Bertz CT molecular complexity index is 1110. The number of hydrogen-bond acceptors (Lipinski definition) is 6. The fraction of sp³-hybridized carbons (Fsp3) is 0.143. The van der Waals surface area contributed by atoms with Gasteiger partial charge in [0.25, 0.3) is 11.7 Å². The number of amides is 1. The van der Waals surface area contributed by atoms with E-state index in [1.165, 1.54) is 0 Å². The van der Waals surface area contributed by atoms with Gasteiger partial charge in [0.2, 0.25) is 0 Å². The van der Waals surface area contributed by atoms with Gasteiger partial charge in [0.1, 0.15) is 18.1 Å². The Balaban J connectivity index is 1.32. The Hall–Kier alpha value is -3.94. The third kappa shape index (κ3) is 4.16. The van der Waals surface area contributed by atoms with Gasteiger partial charge in [0.05, 0.1) is 13.7 Å². The molecule has 0 spiro atoms. The largest absolute Gasteiger partial charge is 0.497 e. The van der Waals surface area contributed by atoms with Crippen molar-refractivity contribution in [2.24, 2.45) is 0 Å². The highest BCUT2D eigenvalue weighted by molar-refractivity contribution is 5.94. The van der Waals surface area contributed by atoms with E-state index in [0.717, 1.165) is 17.1 Å². The normalized spacial score (nSPS) is 10.7. The standard InChI is InChI=1S/C21H19N5O3/c1-28-17-7-9-18(10-8-17)29-14-12-22-20(27)16-5-3-15(4-6-16)19-24-25-21-23-11-2-13-26(19)21/h2-11,13H,12,14H2,1H3,(H,22,27). The SMILES string of the molecule is COc1ccc(OCCNC(=O)c2ccc(-c3nnc4ncccn34)cc2)cc1. The van der Waals surface area contributed by atoms with Crippen molar-refractivity contribution >= 4 is 11.7 Å². The van der Waals surface area contributed by atoms with Gasteiger partial charge in [-0.3, -0.25) is 9.20 Å². The lowest BCUT2D eigenvalue weighted by Gasteiger charge is -2.09. The fourth-order valence-electron chi connectivity index (χ4n) is 2.82. The highest BCUT2D eigenvalue weighted by Gasteiger charge is 2.10. The second kappa shape index (κ2) is 8.39. The first-order valence-corrected chi connectivity index (χ1v) is 9.06. The smallest absolute Gasteiger partial charge is 0.255 e. The maximum absolute atomic E-state index is 12.3. The van der Waals surface area contributed by atoms with E-state index in [-0.39, 0.29) is 5.91 Å². The van der Waals surface area contributed by atoms with Crippen molar-refractivity contribution in [1.29, 1.82) is 0 Å². The lowest BCUT2D eigenvalue weighted by Crippen LogP contribution is -2.28. The molecule has 0 fully saturated rings. The van der Waals surface area contributed by atoms with Gasteiger partial charge >= 0.3 is 0 Å². The van der Waals surface area contributed by atoms with Crippen molar-refractivity contribution < 1.29 is 14.3 Å². The van der Waals surface area contributed by atoms with Crippen LogP contribution < -0.4 is 14.8 Å². The van der Waals surface area contributed by atoms with E-state index in [9.17, 15) is 4.79 Å². The molecule has 0 atom stereocenters. The van der Waals surface area contributed by atoms with Crippen molar-refractivity contribution in [2.75, 3.05) is 20.3 Å². The predicted octanol–water partition coefficient (Wildman–Crippen LogP) is 2.61. The molecule has 0 bridgehead atoms. The van der Waals surface area contributed by atoms with Gasteiger partial charge < -0.3 is 14.8 Å². The average Bonchev–Trinajstić information content (AvgIpc) is 3.21. The summed E-state index contributed by atoms with van der Waals surface area (Å²) in [5, 5.41) is 11.0. The predicted molar refractivity (Wildman–Crippen MR) is 107 cm³/mol. The van der Waals surface area contributed by atoms with Crippen LogP contribution in [0.4, 0.5) is 0 Å². The van der Waals surface area contributed by atoms with E-state index in [2.05, 4.69) is 20.5 Å². The Morgan fingerprint density at radius 1 is 1.03 bits per heavy atom. The van der Waals surface area contributed by atoms with Crippen LogP contribution in [0.1, 0.15) is 10.4 Å². The molecule has 0 aliphatic heterocycles. The molecule has 8 nitrogen and oxygen atoms in total. The highest BCUT2D eigenvalue weighted by atomic mass is 16.5. The number of benzene rings is 2. The molecule has 0 unspecified atom stereocenters. The first kappa shape index (κ1) is 18.4. The molecule has 0 radical (unpaired) electrons. The minimum absolute atomic E-state index is 0.164. The average molecular weight is 389 g/mol. The topological polar surface area (TPSA) is 90.6 Å². The van der Waals surface area contributed by atoms with Crippen molar-refractivity contribution in [3.63, 3.8) is 0 Å². The molecule has 4 aromatic rings. The maximum atomic E-state index is 12.3. The fourth-order valence-corrected chi connectivity index (χ4v) is 2.82. The zero-order valence-corrected chi connectivity index (χ0v) is 15.8. The molecule has 4 rings (SSSR count). The first-order chi connectivity index (χ1) is 14.2. The molecule has 146 valence electrons. The molecule has 1 amide bonds. The van der Waals surface area contributed by atoms with Gasteiger partial charge in [-0.15, -0.1) is 10.2 Å². The molecule has 29 heavy (non-hydrogen) atoms. The number of methoxy groups -OCH3 is 1. The number of aromatic nitrogens is 4. The number of ether oxygens (including phenoxy) is 2.